The third kappa shape index (κ3) is 3.87. The van der Waals surface area contributed by atoms with Gasteiger partial charge in [0.25, 0.3) is 5.56 Å². The summed E-state index contributed by atoms with van der Waals surface area (Å²) in [5.74, 6) is 0.506. The molecule has 1 amide bonds. The topological polar surface area (TPSA) is 62.4 Å². The van der Waals surface area contributed by atoms with Crippen molar-refractivity contribution in [2.24, 2.45) is 5.41 Å². The van der Waals surface area contributed by atoms with Crippen LogP contribution >= 0.6 is 0 Å². The molecule has 140 valence electrons. The second kappa shape index (κ2) is 7.27. The highest BCUT2D eigenvalue weighted by molar-refractivity contribution is 5.98. The Balaban J connectivity index is 2.11. The zero-order valence-corrected chi connectivity index (χ0v) is 16.1. The summed E-state index contributed by atoms with van der Waals surface area (Å²) in [6, 6.07) is 16.8. The van der Waals surface area contributed by atoms with Crippen LogP contribution < -0.4 is 15.2 Å². The van der Waals surface area contributed by atoms with Crippen LogP contribution in [0.1, 0.15) is 26.3 Å². The molecule has 5 nitrogen and oxygen atoms in total. The molecule has 0 atom stereocenters. The number of anilines is 1. The van der Waals surface area contributed by atoms with Crippen molar-refractivity contribution in [2.75, 3.05) is 12.0 Å². The summed E-state index contributed by atoms with van der Waals surface area (Å²) in [5, 5.41) is 0.926. The maximum absolute atomic E-state index is 13.2. The number of nitrogens with one attached hydrogen (secondary N) is 1. The quantitative estimate of drug-likeness (QED) is 0.758. The number of carbonyl (C=O) groups excluding carboxylic acids is 1. The Morgan fingerprint density at radius 3 is 2.44 bits per heavy atom. The summed E-state index contributed by atoms with van der Waals surface area (Å²) in [6.45, 7) is 5.75. The fourth-order valence-electron chi connectivity index (χ4n) is 3.00. The van der Waals surface area contributed by atoms with Gasteiger partial charge in [-0.2, -0.15) is 0 Å². The minimum atomic E-state index is -0.607. The van der Waals surface area contributed by atoms with Crippen molar-refractivity contribution in [2.45, 2.75) is 27.3 Å². The molecule has 27 heavy (non-hydrogen) atoms. The first kappa shape index (κ1) is 18.7. The summed E-state index contributed by atoms with van der Waals surface area (Å²) in [7, 11) is 1.57. The number of para-hydroxylation sites is 3. The van der Waals surface area contributed by atoms with Crippen LogP contribution in [0.4, 0.5) is 5.69 Å². The third-order valence-electron chi connectivity index (χ3n) is 4.42. The monoisotopic (exact) mass is 364 g/mol. The molecule has 0 saturated carbocycles. The molecule has 0 aliphatic heterocycles. The molecule has 1 N–H and O–H groups in total. The number of carbonyl (C=O) groups is 1. The Hall–Kier alpha value is -3.08. The number of hydrogen-bond acceptors (Lipinski definition) is 3. The number of hydrogen-bond donors (Lipinski definition) is 1. The lowest BCUT2D eigenvalue weighted by molar-refractivity contribution is -0.125. The zero-order valence-electron chi connectivity index (χ0n) is 16.1. The number of pyridine rings is 1. The Morgan fingerprint density at radius 2 is 1.74 bits per heavy atom. The van der Waals surface area contributed by atoms with Crippen LogP contribution in [-0.2, 0) is 11.3 Å². The number of methoxy groups -OCH3 is 1. The van der Waals surface area contributed by atoms with Crippen LogP contribution in [0.2, 0.25) is 0 Å². The molecule has 2 aromatic carbocycles. The lowest BCUT2D eigenvalue weighted by atomic mass is 9.94. The number of rotatable bonds is 4. The van der Waals surface area contributed by atoms with Gasteiger partial charge < -0.3 is 14.6 Å². The summed E-state index contributed by atoms with van der Waals surface area (Å²) in [5.41, 5.74) is 1.14. The average Bonchev–Trinajstić information content (AvgIpc) is 2.65. The Bertz CT molecular complexity index is 1030. The van der Waals surface area contributed by atoms with Crippen molar-refractivity contribution >= 4 is 22.5 Å². The Morgan fingerprint density at radius 1 is 1.07 bits per heavy atom. The highest BCUT2D eigenvalue weighted by Gasteiger charge is 2.30. The maximum atomic E-state index is 13.2. The van der Waals surface area contributed by atoms with Crippen LogP contribution in [0.5, 0.6) is 5.75 Å². The number of amides is 1. The molecule has 1 heterocycles. The van der Waals surface area contributed by atoms with E-state index in [4.69, 9.17) is 4.74 Å². The van der Waals surface area contributed by atoms with E-state index in [2.05, 4.69) is 4.98 Å². The van der Waals surface area contributed by atoms with Gasteiger partial charge in [-0.25, -0.2) is 0 Å². The molecule has 0 aliphatic rings. The van der Waals surface area contributed by atoms with E-state index < -0.39 is 5.41 Å². The molecule has 0 saturated heterocycles. The van der Waals surface area contributed by atoms with E-state index in [9.17, 15) is 9.59 Å². The normalized spacial score (nSPS) is 11.4. The molecule has 0 radical (unpaired) electrons. The highest BCUT2D eigenvalue weighted by atomic mass is 16.5. The second-order valence-electron chi connectivity index (χ2n) is 7.52. The van der Waals surface area contributed by atoms with Gasteiger partial charge >= 0.3 is 0 Å². The predicted octanol–water partition coefficient (Wildman–Crippen LogP) is 4.12. The minimum absolute atomic E-state index is 0.0837. The van der Waals surface area contributed by atoms with E-state index in [1.54, 1.807) is 12.0 Å². The Kier molecular flexibility index (Phi) is 5.04. The molecule has 3 aromatic rings. The van der Waals surface area contributed by atoms with Gasteiger partial charge in [0.15, 0.2) is 0 Å². The van der Waals surface area contributed by atoms with Crippen molar-refractivity contribution in [3.63, 3.8) is 0 Å². The van der Waals surface area contributed by atoms with Crippen LogP contribution in [0.15, 0.2) is 59.4 Å². The molecule has 0 bridgehead atoms. The molecule has 3 rings (SSSR count). The number of H-pyrrole nitrogens is 1. The van der Waals surface area contributed by atoms with Crippen molar-refractivity contribution in [1.29, 1.82) is 0 Å². The lowest BCUT2D eigenvalue weighted by Gasteiger charge is -2.30. The Labute approximate surface area is 158 Å². The van der Waals surface area contributed by atoms with Gasteiger partial charge in [0, 0.05) is 16.5 Å². The van der Waals surface area contributed by atoms with E-state index in [0.717, 1.165) is 10.9 Å². The first-order chi connectivity index (χ1) is 12.8. The van der Waals surface area contributed by atoms with Gasteiger partial charge in [-0.3, -0.25) is 9.59 Å². The third-order valence-corrected chi connectivity index (χ3v) is 4.42. The van der Waals surface area contributed by atoms with Crippen molar-refractivity contribution in [1.82, 2.24) is 4.98 Å². The SMILES string of the molecule is COc1ccccc1N(Cc1cc2ccccc2[nH]c1=O)C(=O)C(C)(C)C. The molecule has 0 unspecified atom stereocenters. The van der Waals surface area contributed by atoms with Gasteiger partial charge in [-0.15, -0.1) is 0 Å². The molecular weight excluding hydrogens is 340 g/mol. The lowest BCUT2D eigenvalue weighted by Crippen LogP contribution is -2.40. The van der Waals surface area contributed by atoms with Crippen LogP contribution in [0.25, 0.3) is 10.9 Å². The van der Waals surface area contributed by atoms with Gasteiger partial charge in [0.2, 0.25) is 5.91 Å². The largest absolute Gasteiger partial charge is 0.495 e. The summed E-state index contributed by atoms with van der Waals surface area (Å²) < 4.78 is 5.45. The molecule has 5 heteroatoms. The summed E-state index contributed by atoms with van der Waals surface area (Å²) in [4.78, 5) is 30.3. The number of benzene rings is 2. The van der Waals surface area contributed by atoms with Crippen molar-refractivity contribution in [3.05, 3.63) is 70.5 Å². The van der Waals surface area contributed by atoms with Gasteiger partial charge in [0.05, 0.1) is 19.3 Å². The molecule has 0 spiro atoms. The van der Waals surface area contributed by atoms with Gasteiger partial charge in [-0.1, -0.05) is 51.1 Å². The fourth-order valence-corrected chi connectivity index (χ4v) is 3.00. The zero-order chi connectivity index (χ0) is 19.6. The smallest absolute Gasteiger partial charge is 0.253 e. The summed E-state index contributed by atoms with van der Waals surface area (Å²) in [6.07, 6.45) is 0. The molecule has 1 aromatic heterocycles. The molecule has 0 fully saturated rings. The fraction of sp³-hybridized carbons (Fsp3) is 0.273. The second-order valence-corrected chi connectivity index (χ2v) is 7.52. The van der Waals surface area contributed by atoms with E-state index in [0.29, 0.717) is 17.0 Å². The number of aromatic nitrogens is 1. The van der Waals surface area contributed by atoms with Crippen molar-refractivity contribution in [3.8, 4) is 5.75 Å². The summed E-state index contributed by atoms with van der Waals surface area (Å²) >= 11 is 0. The number of nitrogens with zero attached hydrogens (tertiary/aromatic N) is 1. The van der Waals surface area contributed by atoms with Gasteiger partial charge in [0.1, 0.15) is 5.75 Å². The average molecular weight is 364 g/mol. The highest BCUT2D eigenvalue weighted by Crippen LogP contribution is 2.32. The number of ether oxygens (including phenoxy) is 1. The number of fused-ring (bicyclic) bond motifs is 1. The first-order valence-corrected chi connectivity index (χ1v) is 8.87. The van der Waals surface area contributed by atoms with Crippen LogP contribution in [-0.4, -0.2) is 18.0 Å². The minimum Gasteiger partial charge on any atom is -0.495 e. The predicted molar refractivity (Wildman–Crippen MR) is 108 cm³/mol. The molecule has 0 aliphatic carbocycles. The molecular formula is C22H24N2O3. The standard InChI is InChI=1S/C22H24N2O3/c1-22(2,3)21(26)24(18-11-7-8-12-19(18)27-4)14-16-13-15-9-5-6-10-17(15)23-20(16)25/h5-13H,14H2,1-4H3,(H,23,25). The van der Waals surface area contributed by atoms with E-state index in [1.165, 1.54) is 0 Å². The van der Waals surface area contributed by atoms with Crippen molar-refractivity contribution < 1.29 is 9.53 Å². The first-order valence-electron chi connectivity index (χ1n) is 8.87. The van der Waals surface area contributed by atoms with Crippen LogP contribution in [0, 0.1) is 5.41 Å². The van der Waals surface area contributed by atoms with Crippen LogP contribution in [0.3, 0.4) is 0 Å². The van der Waals surface area contributed by atoms with Gasteiger partial charge in [-0.05, 0) is 29.7 Å². The van der Waals surface area contributed by atoms with E-state index in [1.807, 2.05) is 75.4 Å². The number of aromatic amines is 1. The van der Waals surface area contributed by atoms with E-state index in [-0.39, 0.29) is 18.0 Å². The van der Waals surface area contributed by atoms with E-state index >= 15 is 0 Å². The maximum Gasteiger partial charge on any atom is 0.253 e.